The second kappa shape index (κ2) is 5.00. The predicted molar refractivity (Wildman–Crippen MR) is 72.9 cm³/mol. The Morgan fingerprint density at radius 1 is 1.10 bits per heavy atom. The number of rotatable bonds is 2. The van der Waals surface area contributed by atoms with Gasteiger partial charge >= 0.3 is 0 Å². The molecule has 20 heavy (non-hydrogen) atoms. The van der Waals surface area contributed by atoms with Crippen LogP contribution in [0.4, 0.5) is 10.3 Å². The molecule has 6 heteroatoms. The maximum Gasteiger partial charge on any atom is 0.220 e. The van der Waals surface area contributed by atoms with E-state index >= 15 is 0 Å². The molecule has 2 heterocycles. The fourth-order valence-electron chi connectivity index (χ4n) is 1.89. The Labute approximate surface area is 114 Å². The molecule has 5 nitrogen and oxygen atoms in total. The van der Waals surface area contributed by atoms with Crippen LogP contribution in [0.3, 0.4) is 0 Å². The van der Waals surface area contributed by atoms with Crippen molar-refractivity contribution in [1.29, 1.82) is 0 Å². The van der Waals surface area contributed by atoms with Crippen LogP contribution in [0.5, 0.6) is 0 Å². The van der Waals surface area contributed by atoms with E-state index in [4.69, 9.17) is 5.73 Å². The first kappa shape index (κ1) is 12.2. The number of nitrogens with zero attached hydrogens (tertiary/aromatic N) is 4. The second-order valence-corrected chi connectivity index (χ2v) is 4.10. The summed E-state index contributed by atoms with van der Waals surface area (Å²) >= 11 is 0. The molecule has 0 aliphatic rings. The summed E-state index contributed by atoms with van der Waals surface area (Å²) in [4.78, 5) is 16.2. The SMILES string of the molecule is Nc1ncc(-c2ccncn2)c(-c2cccc(F)c2)n1. The van der Waals surface area contributed by atoms with Crippen molar-refractivity contribution in [1.82, 2.24) is 19.9 Å². The summed E-state index contributed by atoms with van der Waals surface area (Å²) in [5.74, 6) is -0.213. The molecule has 3 aromatic rings. The van der Waals surface area contributed by atoms with E-state index in [1.807, 2.05) is 0 Å². The predicted octanol–water partition coefficient (Wildman–Crippen LogP) is 2.32. The van der Waals surface area contributed by atoms with Crippen LogP contribution in [-0.2, 0) is 0 Å². The molecular weight excluding hydrogens is 257 g/mol. The molecule has 0 radical (unpaired) electrons. The fraction of sp³-hybridized carbons (Fsp3) is 0. The molecule has 0 fully saturated rings. The third-order valence-corrected chi connectivity index (χ3v) is 2.76. The van der Waals surface area contributed by atoms with Crippen LogP contribution in [0.15, 0.2) is 49.1 Å². The average Bonchev–Trinajstić information content (AvgIpc) is 2.48. The first-order valence-corrected chi connectivity index (χ1v) is 5.89. The smallest absolute Gasteiger partial charge is 0.220 e. The number of anilines is 1. The zero-order chi connectivity index (χ0) is 13.9. The molecule has 0 amide bonds. The van der Waals surface area contributed by atoms with Crippen LogP contribution in [0, 0.1) is 5.82 Å². The highest BCUT2D eigenvalue weighted by molar-refractivity contribution is 5.78. The largest absolute Gasteiger partial charge is 0.368 e. The van der Waals surface area contributed by atoms with Crippen LogP contribution in [0.1, 0.15) is 0 Å². The lowest BCUT2D eigenvalue weighted by molar-refractivity contribution is 0.628. The summed E-state index contributed by atoms with van der Waals surface area (Å²) in [7, 11) is 0. The van der Waals surface area contributed by atoms with Crippen molar-refractivity contribution in [3.63, 3.8) is 0 Å². The van der Waals surface area contributed by atoms with Gasteiger partial charge in [-0.25, -0.2) is 24.3 Å². The van der Waals surface area contributed by atoms with Gasteiger partial charge in [0.1, 0.15) is 12.1 Å². The lowest BCUT2D eigenvalue weighted by Crippen LogP contribution is -1.99. The Morgan fingerprint density at radius 3 is 2.75 bits per heavy atom. The van der Waals surface area contributed by atoms with Crippen molar-refractivity contribution in [2.45, 2.75) is 0 Å². The Bertz CT molecular complexity index is 746. The van der Waals surface area contributed by atoms with E-state index < -0.39 is 0 Å². The number of aromatic nitrogens is 4. The van der Waals surface area contributed by atoms with Gasteiger partial charge < -0.3 is 5.73 Å². The Kier molecular flexibility index (Phi) is 3.04. The summed E-state index contributed by atoms with van der Waals surface area (Å²) in [6.45, 7) is 0. The third kappa shape index (κ3) is 2.31. The molecule has 0 aliphatic heterocycles. The highest BCUT2D eigenvalue weighted by atomic mass is 19.1. The topological polar surface area (TPSA) is 77.6 Å². The molecule has 98 valence electrons. The standard InChI is InChI=1S/C14H10FN5/c15-10-3-1-2-9(6-10)13-11(7-18-14(16)20-13)12-4-5-17-8-19-12/h1-8H,(H2,16,18,20). The molecular formula is C14H10FN5. The quantitative estimate of drug-likeness (QED) is 0.771. The van der Waals surface area contributed by atoms with Crippen LogP contribution in [-0.4, -0.2) is 19.9 Å². The zero-order valence-corrected chi connectivity index (χ0v) is 10.4. The average molecular weight is 267 g/mol. The summed E-state index contributed by atoms with van der Waals surface area (Å²) < 4.78 is 13.4. The molecule has 0 aliphatic carbocycles. The van der Waals surface area contributed by atoms with Gasteiger partial charge in [-0.2, -0.15) is 0 Å². The number of benzene rings is 1. The zero-order valence-electron chi connectivity index (χ0n) is 10.4. The molecule has 0 atom stereocenters. The normalized spacial score (nSPS) is 10.4. The van der Waals surface area contributed by atoms with Crippen molar-refractivity contribution in [2.24, 2.45) is 0 Å². The molecule has 0 saturated heterocycles. The first-order chi connectivity index (χ1) is 9.74. The highest BCUT2D eigenvalue weighted by Gasteiger charge is 2.12. The second-order valence-electron chi connectivity index (χ2n) is 4.10. The van der Waals surface area contributed by atoms with Gasteiger partial charge in [0, 0.05) is 23.5 Å². The van der Waals surface area contributed by atoms with E-state index in [0.29, 0.717) is 22.5 Å². The van der Waals surface area contributed by atoms with Crippen molar-refractivity contribution < 1.29 is 4.39 Å². The van der Waals surface area contributed by atoms with Crippen LogP contribution >= 0.6 is 0 Å². The Hall–Kier alpha value is -2.89. The van der Waals surface area contributed by atoms with Gasteiger partial charge in [-0.05, 0) is 18.2 Å². The van der Waals surface area contributed by atoms with Crippen LogP contribution in [0.25, 0.3) is 22.5 Å². The summed E-state index contributed by atoms with van der Waals surface area (Å²) in [5, 5.41) is 0. The minimum absolute atomic E-state index is 0.127. The maximum absolute atomic E-state index is 13.4. The van der Waals surface area contributed by atoms with Crippen molar-refractivity contribution in [3.05, 3.63) is 54.9 Å². The van der Waals surface area contributed by atoms with E-state index in [2.05, 4.69) is 19.9 Å². The van der Waals surface area contributed by atoms with Crippen LogP contribution in [0.2, 0.25) is 0 Å². The van der Waals surface area contributed by atoms with Crippen molar-refractivity contribution in [2.75, 3.05) is 5.73 Å². The van der Waals surface area contributed by atoms with Gasteiger partial charge in [0.25, 0.3) is 0 Å². The highest BCUT2D eigenvalue weighted by Crippen LogP contribution is 2.29. The van der Waals surface area contributed by atoms with Gasteiger partial charge in [0.15, 0.2) is 0 Å². The van der Waals surface area contributed by atoms with Crippen molar-refractivity contribution >= 4 is 5.95 Å². The van der Waals surface area contributed by atoms with E-state index in [-0.39, 0.29) is 11.8 Å². The molecule has 2 aromatic heterocycles. The Balaban J connectivity index is 2.22. The lowest BCUT2D eigenvalue weighted by atomic mass is 10.0. The van der Waals surface area contributed by atoms with Gasteiger partial charge in [-0.1, -0.05) is 12.1 Å². The molecule has 1 aromatic carbocycles. The van der Waals surface area contributed by atoms with E-state index in [1.165, 1.54) is 18.5 Å². The maximum atomic E-state index is 13.4. The third-order valence-electron chi connectivity index (χ3n) is 2.76. The van der Waals surface area contributed by atoms with Gasteiger partial charge in [0.2, 0.25) is 5.95 Å². The van der Waals surface area contributed by atoms with E-state index in [0.717, 1.165) is 0 Å². The molecule has 0 spiro atoms. The summed E-state index contributed by atoms with van der Waals surface area (Å²) in [5.41, 5.74) is 8.11. The molecule has 0 bridgehead atoms. The number of nitrogen functional groups attached to an aromatic ring is 1. The summed E-state index contributed by atoms with van der Waals surface area (Å²) in [6, 6.07) is 7.88. The molecule has 3 rings (SSSR count). The number of halogens is 1. The van der Waals surface area contributed by atoms with Gasteiger partial charge in [-0.15, -0.1) is 0 Å². The van der Waals surface area contributed by atoms with Gasteiger partial charge in [-0.3, -0.25) is 0 Å². The monoisotopic (exact) mass is 267 g/mol. The first-order valence-electron chi connectivity index (χ1n) is 5.89. The van der Waals surface area contributed by atoms with E-state index in [1.54, 1.807) is 30.6 Å². The minimum atomic E-state index is -0.340. The molecule has 0 unspecified atom stereocenters. The summed E-state index contributed by atoms with van der Waals surface area (Å²) in [6.07, 6.45) is 4.62. The number of hydrogen-bond donors (Lipinski definition) is 1. The number of hydrogen-bond acceptors (Lipinski definition) is 5. The van der Waals surface area contributed by atoms with Crippen LogP contribution < -0.4 is 5.73 Å². The van der Waals surface area contributed by atoms with E-state index in [9.17, 15) is 4.39 Å². The molecule has 0 saturated carbocycles. The Morgan fingerprint density at radius 2 is 2.00 bits per heavy atom. The van der Waals surface area contributed by atoms with Gasteiger partial charge in [0.05, 0.1) is 11.4 Å². The van der Waals surface area contributed by atoms with Crippen molar-refractivity contribution in [3.8, 4) is 22.5 Å². The minimum Gasteiger partial charge on any atom is -0.368 e. The lowest BCUT2D eigenvalue weighted by Gasteiger charge is -2.08. The fourth-order valence-corrected chi connectivity index (χ4v) is 1.89. The molecule has 2 N–H and O–H groups in total. The number of nitrogens with two attached hydrogens (primary N) is 1.